The molecule has 2 aliphatic heterocycles. The number of rotatable bonds is 0. The van der Waals surface area contributed by atoms with E-state index in [-0.39, 0.29) is 5.92 Å². The van der Waals surface area contributed by atoms with Crippen LogP contribution in [-0.2, 0) is 9.47 Å². The molecule has 2 saturated heterocycles. The number of nitriles is 1. The molecule has 0 bridgehead atoms. The van der Waals surface area contributed by atoms with Crippen molar-refractivity contribution >= 4 is 0 Å². The highest BCUT2D eigenvalue weighted by Gasteiger charge is 2.79. The molecule has 0 spiro atoms. The Balaban J connectivity index is 1.75. The second-order valence-corrected chi connectivity index (χ2v) is 3.94. The first-order valence-electron chi connectivity index (χ1n) is 4.12. The van der Waals surface area contributed by atoms with Crippen LogP contribution in [0.4, 0.5) is 0 Å². The van der Waals surface area contributed by atoms with Crippen molar-refractivity contribution < 1.29 is 9.47 Å². The van der Waals surface area contributed by atoms with E-state index < -0.39 is 0 Å². The molecule has 4 aliphatic rings. The standard InChI is InChI=1S/C8H7NO2/c9-1-2-3-4(2)6-8(11-6)7-5(3)10-7/h2-8H/t2?,3-,4+,5-,6+,7-,8+. The second kappa shape index (κ2) is 1.21. The van der Waals surface area contributed by atoms with Crippen molar-refractivity contribution in [2.45, 2.75) is 24.4 Å². The van der Waals surface area contributed by atoms with Gasteiger partial charge in [0.15, 0.2) is 0 Å². The van der Waals surface area contributed by atoms with Crippen molar-refractivity contribution in [3.8, 4) is 6.07 Å². The summed E-state index contributed by atoms with van der Waals surface area (Å²) in [4.78, 5) is 0. The van der Waals surface area contributed by atoms with Crippen molar-refractivity contribution in [3.63, 3.8) is 0 Å². The lowest BCUT2D eigenvalue weighted by molar-refractivity contribution is 0.286. The van der Waals surface area contributed by atoms with Crippen LogP contribution in [0.25, 0.3) is 0 Å². The maximum atomic E-state index is 8.75. The van der Waals surface area contributed by atoms with Crippen molar-refractivity contribution in [3.05, 3.63) is 0 Å². The summed E-state index contributed by atoms with van der Waals surface area (Å²) in [6.07, 6.45) is 1.54. The number of hydrogen-bond acceptors (Lipinski definition) is 3. The molecule has 0 radical (unpaired) electrons. The topological polar surface area (TPSA) is 48.9 Å². The Morgan fingerprint density at radius 2 is 1.45 bits per heavy atom. The van der Waals surface area contributed by atoms with Gasteiger partial charge in [0.1, 0.15) is 12.2 Å². The third-order valence-corrected chi connectivity index (χ3v) is 3.49. The summed E-state index contributed by atoms with van der Waals surface area (Å²) in [6.45, 7) is 0. The fourth-order valence-corrected chi connectivity index (χ4v) is 2.80. The molecule has 2 aliphatic carbocycles. The first-order chi connectivity index (χ1) is 5.42. The van der Waals surface area contributed by atoms with E-state index in [2.05, 4.69) is 6.07 Å². The molecule has 56 valence electrons. The maximum absolute atomic E-state index is 8.75. The van der Waals surface area contributed by atoms with Crippen LogP contribution in [0, 0.1) is 29.1 Å². The quantitative estimate of drug-likeness (QED) is 0.452. The average Bonchev–Trinajstić information content (AvgIpc) is 2.86. The van der Waals surface area contributed by atoms with Gasteiger partial charge >= 0.3 is 0 Å². The van der Waals surface area contributed by atoms with E-state index in [0.29, 0.717) is 36.3 Å². The molecular weight excluding hydrogens is 142 g/mol. The van der Waals surface area contributed by atoms with Crippen LogP contribution in [0.3, 0.4) is 0 Å². The first-order valence-corrected chi connectivity index (χ1v) is 4.12. The lowest BCUT2D eigenvalue weighted by Gasteiger charge is -1.93. The predicted molar refractivity (Wildman–Crippen MR) is 33.4 cm³/mol. The zero-order chi connectivity index (χ0) is 7.16. The number of ether oxygens (including phenoxy) is 2. The Bertz CT molecular complexity index is 262. The maximum Gasteiger partial charge on any atom is 0.113 e. The van der Waals surface area contributed by atoms with Gasteiger partial charge in [0.05, 0.1) is 24.2 Å². The van der Waals surface area contributed by atoms with Crippen LogP contribution in [0.2, 0.25) is 0 Å². The Labute approximate surface area is 63.9 Å². The highest BCUT2D eigenvalue weighted by molar-refractivity contribution is 5.28. The van der Waals surface area contributed by atoms with E-state index in [1.165, 1.54) is 0 Å². The monoisotopic (exact) mass is 149 g/mol. The Morgan fingerprint density at radius 3 is 1.91 bits per heavy atom. The van der Waals surface area contributed by atoms with Crippen LogP contribution >= 0.6 is 0 Å². The van der Waals surface area contributed by atoms with Gasteiger partial charge in [-0.15, -0.1) is 0 Å². The zero-order valence-electron chi connectivity index (χ0n) is 5.81. The van der Waals surface area contributed by atoms with Gasteiger partial charge in [-0.3, -0.25) is 0 Å². The van der Waals surface area contributed by atoms with Gasteiger partial charge in [0.25, 0.3) is 0 Å². The molecule has 7 atom stereocenters. The number of fused-ring (bicyclic) bond motifs is 6. The highest BCUT2D eigenvalue weighted by atomic mass is 16.7. The molecule has 0 aromatic rings. The summed E-state index contributed by atoms with van der Waals surface area (Å²) in [5.74, 6) is 1.32. The molecule has 3 nitrogen and oxygen atoms in total. The van der Waals surface area contributed by atoms with Gasteiger partial charge < -0.3 is 9.47 Å². The SMILES string of the molecule is N#CC1[C@@H]2[C@@H]3O[C@@H]3[C@@H]3O[C@@H]3[C@H]12. The molecule has 0 aromatic heterocycles. The molecule has 2 heterocycles. The predicted octanol–water partition coefficient (Wildman–Crippen LogP) is -0.0794. The molecule has 1 unspecified atom stereocenters. The van der Waals surface area contributed by atoms with Gasteiger partial charge in [0.2, 0.25) is 0 Å². The van der Waals surface area contributed by atoms with Crippen LogP contribution in [0.5, 0.6) is 0 Å². The second-order valence-electron chi connectivity index (χ2n) is 3.94. The minimum atomic E-state index is 0.252. The molecule has 2 saturated carbocycles. The molecule has 0 aromatic carbocycles. The fourth-order valence-electron chi connectivity index (χ4n) is 2.80. The van der Waals surface area contributed by atoms with E-state index in [9.17, 15) is 0 Å². The lowest BCUT2D eigenvalue weighted by atomic mass is 10.0. The zero-order valence-corrected chi connectivity index (χ0v) is 5.81. The van der Waals surface area contributed by atoms with Crippen molar-refractivity contribution in [1.29, 1.82) is 5.26 Å². The number of hydrogen-bond donors (Lipinski definition) is 0. The minimum Gasteiger partial charge on any atom is -0.366 e. The van der Waals surface area contributed by atoms with E-state index in [4.69, 9.17) is 14.7 Å². The van der Waals surface area contributed by atoms with Crippen molar-refractivity contribution in [2.24, 2.45) is 17.8 Å². The Morgan fingerprint density at radius 1 is 0.909 bits per heavy atom. The highest BCUT2D eigenvalue weighted by Crippen LogP contribution is 2.67. The Kier molecular flexibility index (Phi) is 0.566. The summed E-state index contributed by atoms with van der Waals surface area (Å²) >= 11 is 0. The smallest absolute Gasteiger partial charge is 0.113 e. The first kappa shape index (κ1) is 5.13. The molecular formula is C8H7NO2. The number of nitrogens with zero attached hydrogens (tertiary/aromatic N) is 1. The van der Waals surface area contributed by atoms with E-state index in [1.54, 1.807) is 0 Å². The van der Waals surface area contributed by atoms with Crippen molar-refractivity contribution in [1.82, 2.24) is 0 Å². The van der Waals surface area contributed by atoms with Crippen LogP contribution in [0.15, 0.2) is 0 Å². The number of epoxide rings is 2. The molecule has 4 fully saturated rings. The van der Waals surface area contributed by atoms with Crippen molar-refractivity contribution in [2.75, 3.05) is 0 Å². The largest absolute Gasteiger partial charge is 0.366 e. The fraction of sp³-hybridized carbons (Fsp3) is 0.875. The van der Waals surface area contributed by atoms with Gasteiger partial charge in [-0.05, 0) is 0 Å². The molecule has 0 amide bonds. The van der Waals surface area contributed by atoms with Gasteiger partial charge in [-0.25, -0.2) is 0 Å². The van der Waals surface area contributed by atoms with Crippen LogP contribution in [-0.4, -0.2) is 24.4 Å². The van der Waals surface area contributed by atoms with Crippen LogP contribution in [0.1, 0.15) is 0 Å². The summed E-state index contributed by atoms with van der Waals surface area (Å²) in [5.41, 5.74) is 0. The van der Waals surface area contributed by atoms with Gasteiger partial charge in [-0.2, -0.15) is 5.26 Å². The average molecular weight is 149 g/mol. The summed E-state index contributed by atoms with van der Waals surface area (Å²) < 4.78 is 10.9. The molecule has 11 heavy (non-hydrogen) atoms. The Hall–Kier alpha value is -0.590. The van der Waals surface area contributed by atoms with E-state index >= 15 is 0 Å². The van der Waals surface area contributed by atoms with E-state index in [1.807, 2.05) is 0 Å². The summed E-state index contributed by atoms with van der Waals surface area (Å²) in [5, 5.41) is 8.75. The lowest BCUT2D eigenvalue weighted by Crippen LogP contribution is -2.14. The van der Waals surface area contributed by atoms with Gasteiger partial charge in [0, 0.05) is 11.8 Å². The third kappa shape index (κ3) is 0.412. The summed E-state index contributed by atoms with van der Waals surface area (Å²) in [6, 6.07) is 2.34. The normalized spacial score (nSPS) is 73.5. The molecule has 4 rings (SSSR count). The van der Waals surface area contributed by atoms with E-state index in [0.717, 1.165) is 0 Å². The van der Waals surface area contributed by atoms with Gasteiger partial charge in [-0.1, -0.05) is 0 Å². The third-order valence-electron chi connectivity index (χ3n) is 3.49. The molecule has 3 heteroatoms. The van der Waals surface area contributed by atoms with Crippen LogP contribution < -0.4 is 0 Å². The minimum absolute atomic E-state index is 0.252. The molecule has 0 N–H and O–H groups in total. The summed E-state index contributed by atoms with van der Waals surface area (Å²) in [7, 11) is 0.